The number of benzene rings is 2. The van der Waals surface area contributed by atoms with Crippen LogP contribution in [0.5, 0.6) is 5.75 Å². The van der Waals surface area contributed by atoms with Gasteiger partial charge in [-0.05, 0) is 66.3 Å². The minimum absolute atomic E-state index is 0.0397. The van der Waals surface area contributed by atoms with Crippen molar-refractivity contribution >= 4 is 12.0 Å². The smallest absolute Gasteiger partial charge is 0.132 e. The lowest BCUT2D eigenvalue weighted by Gasteiger charge is -2.10. The molecule has 2 aromatic carbocycles. The summed E-state index contributed by atoms with van der Waals surface area (Å²) in [6.07, 6.45) is 3.58. The van der Waals surface area contributed by atoms with Crippen LogP contribution in [0.4, 0.5) is 8.78 Å². The van der Waals surface area contributed by atoms with Crippen molar-refractivity contribution in [1.29, 1.82) is 0 Å². The number of carbonyl (C=O) groups is 1. The Morgan fingerprint density at radius 2 is 1.96 bits per heavy atom. The number of carboxylic acids is 1. The third-order valence-electron chi connectivity index (χ3n) is 4.01. The zero-order valence-electron chi connectivity index (χ0n) is 12.9. The van der Waals surface area contributed by atoms with Gasteiger partial charge in [0.05, 0.1) is 5.97 Å². The molecule has 0 fully saturated rings. The van der Waals surface area contributed by atoms with Gasteiger partial charge in [-0.1, -0.05) is 6.07 Å². The van der Waals surface area contributed by atoms with Crippen LogP contribution in [0, 0.1) is 11.6 Å². The first-order valence-electron chi connectivity index (χ1n) is 7.64. The van der Waals surface area contributed by atoms with Gasteiger partial charge in [0, 0.05) is 11.6 Å². The fourth-order valence-electron chi connectivity index (χ4n) is 2.71. The lowest BCUT2D eigenvalue weighted by atomic mass is 10.0. The van der Waals surface area contributed by atoms with Crippen molar-refractivity contribution in [1.82, 2.24) is 0 Å². The molecule has 0 amide bonds. The molecule has 2 aromatic rings. The molecule has 0 aromatic heterocycles. The number of hydrogen-bond acceptors (Lipinski definition) is 3. The molecule has 24 heavy (non-hydrogen) atoms. The molecule has 0 N–H and O–H groups in total. The molecule has 0 aliphatic heterocycles. The third kappa shape index (κ3) is 3.62. The van der Waals surface area contributed by atoms with Gasteiger partial charge in [0.25, 0.3) is 0 Å². The van der Waals surface area contributed by atoms with Gasteiger partial charge in [0.15, 0.2) is 0 Å². The summed E-state index contributed by atoms with van der Waals surface area (Å²) in [4.78, 5) is 11.1. The highest BCUT2D eigenvalue weighted by atomic mass is 19.1. The number of hydrogen-bond donors (Lipinski definition) is 0. The minimum atomic E-state index is -1.16. The van der Waals surface area contributed by atoms with Crippen LogP contribution in [0.3, 0.4) is 0 Å². The number of fused-ring (bicyclic) bond motifs is 1. The molecule has 0 saturated heterocycles. The average molecular weight is 329 g/mol. The highest BCUT2D eigenvalue weighted by Gasteiger charge is 2.11. The van der Waals surface area contributed by atoms with E-state index in [1.54, 1.807) is 18.2 Å². The highest BCUT2D eigenvalue weighted by Crippen LogP contribution is 2.27. The number of rotatable bonds is 4. The molecule has 5 heteroatoms. The van der Waals surface area contributed by atoms with E-state index in [1.807, 2.05) is 6.07 Å². The number of aliphatic carboxylic acids is 1. The molecular formula is C19H15F2O3-. The van der Waals surface area contributed by atoms with Gasteiger partial charge in [-0.15, -0.1) is 0 Å². The largest absolute Gasteiger partial charge is 0.545 e. The van der Waals surface area contributed by atoms with Crippen LogP contribution in [-0.4, -0.2) is 5.97 Å². The zero-order chi connectivity index (χ0) is 17.1. The Kier molecular flexibility index (Phi) is 4.60. The number of ether oxygens (including phenoxy) is 1. The lowest BCUT2D eigenvalue weighted by Crippen LogP contribution is -2.24. The fraction of sp³-hybridized carbons (Fsp3) is 0.211. The third-order valence-corrected chi connectivity index (χ3v) is 4.01. The second-order valence-corrected chi connectivity index (χ2v) is 5.70. The maximum Gasteiger partial charge on any atom is 0.132 e. The van der Waals surface area contributed by atoms with Crippen LogP contribution in [-0.2, 0) is 17.8 Å². The average Bonchev–Trinajstić information content (AvgIpc) is 2.76. The Bertz CT molecular complexity index is 812. The molecule has 0 atom stereocenters. The summed E-state index contributed by atoms with van der Waals surface area (Å²) < 4.78 is 32.1. The maximum absolute atomic E-state index is 13.6. The molecule has 1 aliphatic carbocycles. The van der Waals surface area contributed by atoms with E-state index in [9.17, 15) is 18.7 Å². The predicted molar refractivity (Wildman–Crippen MR) is 83.1 cm³/mol. The Morgan fingerprint density at radius 1 is 1.12 bits per heavy atom. The van der Waals surface area contributed by atoms with Crippen LogP contribution in [0.25, 0.3) is 6.08 Å². The van der Waals surface area contributed by atoms with Gasteiger partial charge in [-0.2, -0.15) is 0 Å². The van der Waals surface area contributed by atoms with Gasteiger partial charge in [-0.3, -0.25) is 0 Å². The Morgan fingerprint density at radius 3 is 2.71 bits per heavy atom. The number of carboxylic acid groups (broad SMARTS) is 1. The first kappa shape index (κ1) is 16.2. The molecule has 0 saturated carbocycles. The summed E-state index contributed by atoms with van der Waals surface area (Å²) in [5, 5.41) is 11.1. The molecule has 3 nitrogen and oxygen atoms in total. The molecule has 124 valence electrons. The summed E-state index contributed by atoms with van der Waals surface area (Å²) in [6, 6.07) is 8.68. The molecular weight excluding hydrogens is 314 g/mol. The maximum atomic E-state index is 13.6. The van der Waals surface area contributed by atoms with Gasteiger partial charge >= 0.3 is 0 Å². The Labute approximate surface area is 138 Å². The van der Waals surface area contributed by atoms with E-state index in [-0.39, 0.29) is 17.7 Å². The molecule has 1 aliphatic rings. The van der Waals surface area contributed by atoms with Crippen molar-refractivity contribution in [3.8, 4) is 5.75 Å². The summed E-state index contributed by atoms with van der Waals surface area (Å²) in [5.74, 6) is -1.97. The monoisotopic (exact) mass is 329 g/mol. The first-order chi connectivity index (χ1) is 11.5. The van der Waals surface area contributed by atoms with Gasteiger partial charge in [0.1, 0.15) is 24.0 Å². The van der Waals surface area contributed by atoms with E-state index < -0.39 is 17.6 Å². The molecule has 3 rings (SSSR count). The summed E-state index contributed by atoms with van der Waals surface area (Å²) in [5.41, 5.74) is 2.31. The fourth-order valence-corrected chi connectivity index (χ4v) is 2.71. The molecule has 0 bridgehead atoms. The quantitative estimate of drug-likeness (QED) is 0.866. The number of halogens is 2. The van der Waals surface area contributed by atoms with Crippen LogP contribution in [0.2, 0.25) is 0 Å². The lowest BCUT2D eigenvalue weighted by molar-refractivity contribution is -0.299. The minimum Gasteiger partial charge on any atom is -0.545 e. The van der Waals surface area contributed by atoms with Crippen LogP contribution < -0.4 is 9.84 Å². The van der Waals surface area contributed by atoms with Gasteiger partial charge in [-0.25, -0.2) is 8.78 Å². The number of carbonyl (C=O) groups excluding carboxylic acids is 1. The zero-order valence-corrected chi connectivity index (χ0v) is 12.9. The summed E-state index contributed by atoms with van der Waals surface area (Å²) in [7, 11) is 0. The SMILES string of the molecule is O=C([O-])C1=Cc2cc(OCc3ccc(F)cc3F)ccc2CCC1. The topological polar surface area (TPSA) is 49.4 Å². The van der Waals surface area contributed by atoms with E-state index in [1.165, 1.54) is 12.1 Å². The summed E-state index contributed by atoms with van der Waals surface area (Å²) in [6.45, 7) is -0.0397. The summed E-state index contributed by atoms with van der Waals surface area (Å²) >= 11 is 0. The van der Waals surface area contributed by atoms with Crippen molar-refractivity contribution in [3.63, 3.8) is 0 Å². The van der Waals surface area contributed by atoms with Crippen molar-refractivity contribution in [2.75, 3.05) is 0 Å². The van der Waals surface area contributed by atoms with Crippen molar-refractivity contribution < 1.29 is 23.4 Å². The molecule has 0 radical (unpaired) electrons. The van der Waals surface area contributed by atoms with E-state index >= 15 is 0 Å². The van der Waals surface area contributed by atoms with Crippen molar-refractivity contribution in [3.05, 3.63) is 70.3 Å². The van der Waals surface area contributed by atoms with E-state index in [2.05, 4.69) is 0 Å². The number of aryl methyl sites for hydroxylation is 1. The van der Waals surface area contributed by atoms with Crippen LogP contribution in [0.1, 0.15) is 29.5 Å². The molecule has 0 heterocycles. The van der Waals surface area contributed by atoms with Gasteiger partial charge < -0.3 is 14.6 Å². The highest BCUT2D eigenvalue weighted by molar-refractivity contribution is 5.91. The predicted octanol–water partition coefficient (Wildman–Crippen LogP) is 3.01. The Hall–Kier alpha value is -2.69. The van der Waals surface area contributed by atoms with Crippen LogP contribution >= 0.6 is 0 Å². The molecule has 0 spiro atoms. The van der Waals surface area contributed by atoms with Crippen LogP contribution in [0.15, 0.2) is 42.0 Å². The van der Waals surface area contributed by atoms with E-state index in [4.69, 9.17) is 4.74 Å². The normalized spacial score (nSPS) is 13.7. The van der Waals surface area contributed by atoms with Gasteiger partial charge in [0.2, 0.25) is 0 Å². The van der Waals surface area contributed by atoms with Crippen molar-refractivity contribution in [2.45, 2.75) is 25.9 Å². The Balaban J connectivity index is 1.80. The second-order valence-electron chi connectivity index (χ2n) is 5.70. The standard InChI is InChI=1S/C19H16F2O3/c20-16-6-4-14(18(21)10-16)11-24-17-7-5-12-2-1-3-13(19(22)23)8-15(12)9-17/h4-10H,1-3,11H2,(H,22,23)/p-1. The molecule has 0 unspecified atom stereocenters. The van der Waals surface area contributed by atoms with E-state index in [0.29, 0.717) is 12.2 Å². The second kappa shape index (κ2) is 6.83. The van der Waals surface area contributed by atoms with Crippen molar-refractivity contribution in [2.24, 2.45) is 0 Å². The van der Waals surface area contributed by atoms with E-state index in [0.717, 1.165) is 30.0 Å². The first-order valence-corrected chi connectivity index (χ1v) is 7.64.